The van der Waals surface area contributed by atoms with Crippen molar-refractivity contribution in [2.75, 3.05) is 6.61 Å². The number of fused-ring (bicyclic) bond motifs is 1. The van der Waals surface area contributed by atoms with E-state index in [1.807, 2.05) is 12.1 Å². The van der Waals surface area contributed by atoms with Crippen molar-refractivity contribution in [2.45, 2.75) is 45.4 Å². The summed E-state index contributed by atoms with van der Waals surface area (Å²) in [7, 11) is 0. The minimum absolute atomic E-state index is 0.123. The largest absolute Gasteiger partial charge is 0.506 e. The first-order valence-corrected chi connectivity index (χ1v) is 8.26. The molecule has 0 saturated heterocycles. The van der Waals surface area contributed by atoms with Gasteiger partial charge in [0.05, 0.1) is 6.61 Å². The molecule has 4 heteroatoms. The first-order chi connectivity index (χ1) is 11.1. The van der Waals surface area contributed by atoms with Crippen molar-refractivity contribution in [1.29, 1.82) is 0 Å². The fourth-order valence-electron chi connectivity index (χ4n) is 2.67. The molecule has 2 aromatic rings. The van der Waals surface area contributed by atoms with E-state index >= 15 is 0 Å². The van der Waals surface area contributed by atoms with Crippen LogP contribution in [0.1, 0.15) is 55.8 Å². The van der Waals surface area contributed by atoms with Gasteiger partial charge in [-0.25, -0.2) is 4.79 Å². The highest BCUT2D eigenvalue weighted by Gasteiger charge is 2.16. The Morgan fingerprint density at radius 1 is 1.04 bits per heavy atom. The normalized spacial score (nSPS) is 10.8. The second kappa shape index (κ2) is 8.42. The van der Waals surface area contributed by atoms with Crippen LogP contribution in [-0.2, 0) is 0 Å². The number of phenols is 1. The van der Waals surface area contributed by atoms with Crippen LogP contribution in [0, 0.1) is 0 Å². The zero-order chi connectivity index (χ0) is 16.7. The summed E-state index contributed by atoms with van der Waals surface area (Å²) < 4.78 is 5.80. The SMILES string of the molecule is CCCCCCCCOc1cc(C(=O)O)c(O)c2ccccc12. The molecule has 0 atom stereocenters. The minimum atomic E-state index is -1.15. The number of carboxylic acid groups (broad SMARTS) is 1. The molecule has 0 spiro atoms. The van der Waals surface area contributed by atoms with Crippen LogP contribution in [0.5, 0.6) is 11.5 Å². The lowest BCUT2D eigenvalue weighted by Crippen LogP contribution is -2.02. The lowest BCUT2D eigenvalue weighted by atomic mass is 10.0. The first-order valence-electron chi connectivity index (χ1n) is 8.26. The molecule has 0 bridgehead atoms. The quantitative estimate of drug-likeness (QED) is 0.640. The van der Waals surface area contributed by atoms with Gasteiger partial charge in [-0.2, -0.15) is 0 Å². The highest BCUT2D eigenvalue weighted by atomic mass is 16.5. The third kappa shape index (κ3) is 4.38. The van der Waals surface area contributed by atoms with Gasteiger partial charge in [0.2, 0.25) is 0 Å². The summed E-state index contributed by atoms with van der Waals surface area (Å²) in [4.78, 5) is 11.3. The number of hydrogen-bond donors (Lipinski definition) is 2. The Kier molecular flexibility index (Phi) is 6.27. The molecule has 0 aliphatic heterocycles. The van der Waals surface area contributed by atoms with Gasteiger partial charge in [0.25, 0.3) is 0 Å². The third-order valence-corrected chi connectivity index (χ3v) is 3.96. The molecule has 23 heavy (non-hydrogen) atoms. The van der Waals surface area contributed by atoms with E-state index in [4.69, 9.17) is 4.74 Å². The Balaban J connectivity index is 2.07. The predicted octanol–water partition coefficient (Wildman–Crippen LogP) is 4.98. The number of carboxylic acids is 1. The Morgan fingerprint density at radius 2 is 1.70 bits per heavy atom. The first kappa shape index (κ1) is 17.1. The molecule has 0 amide bonds. The fraction of sp³-hybridized carbons (Fsp3) is 0.421. The highest BCUT2D eigenvalue weighted by molar-refractivity contribution is 6.03. The van der Waals surface area contributed by atoms with E-state index in [-0.39, 0.29) is 11.3 Å². The molecule has 2 rings (SSSR count). The number of rotatable bonds is 9. The van der Waals surface area contributed by atoms with Crippen LogP contribution in [-0.4, -0.2) is 22.8 Å². The monoisotopic (exact) mass is 316 g/mol. The van der Waals surface area contributed by atoms with Gasteiger partial charge in [-0.15, -0.1) is 0 Å². The molecule has 4 nitrogen and oxygen atoms in total. The van der Waals surface area contributed by atoms with Gasteiger partial charge in [-0.05, 0) is 12.5 Å². The number of aromatic carboxylic acids is 1. The number of aromatic hydroxyl groups is 1. The smallest absolute Gasteiger partial charge is 0.339 e. The highest BCUT2D eigenvalue weighted by Crippen LogP contribution is 2.36. The van der Waals surface area contributed by atoms with Crippen LogP contribution in [0.25, 0.3) is 10.8 Å². The maximum atomic E-state index is 11.3. The van der Waals surface area contributed by atoms with Crippen LogP contribution in [0.15, 0.2) is 30.3 Å². The lowest BCUT2D eigenvalue weighted by Gasteiger charge is -2.12. The Labute approximate surface area is 136 Å². The zero-order valence-electron chi connectivity index (χ0n) is 13.5. The number of carbonyl (C=O) groups is 1. The number of hydrogen-bond acceptors (Lipinski definition) is 3. The molecule has 0 saturated carbocycles. The molecule has 0 fully saturated rings. The minimum Gasteiger partial charge on any atom is -0.506 e. The summed E-state index contributed by atoms with van der Waals surface area (Å²) in [6.07, 6.45) is 7.01. The summed E-state index contributed by atoms with van der Waals surface area (Å²) in [6, 6.07) is 8.56. The van der Waals surface area contributed by atoms with Gasteiger partial charge in [0.15, 0.2) is 0 Å². The topological polar surface area (TPSA) is 66.8 Å². The van der Waals surface area contributed by atoms with Crippen LogP contribution >= 0.6 is 0 Å². The number of ether oxygens (including phenoxy) is 1. The van der Waals surface area contributed by atoms with E-state index in [9.17, 15) is 15.0 Å². The molecule has 0 aliphatic carbocycles. The average molecular weight is 316 g/mol. The van der Waals surface area contributed by atoms with Crippen LogP contribution in [0.4, 0.5) is 0 Å². The van der Waals surface area contributed by atoms with Gasteiger partial charge in [0.1, 0.15) is 17.1 Å². The third-order valence-electron chi connectivity index (χ3n) is 3.96. The Morgan fingerprint density at radius 3 is 2.39 bits per heavy atom. The van der Waals surface area contributed by atoms with Crippen molar-refractivity contribution < 1.29 is 19.7 Å². The summed E-state index contributed by atoms with van der Waals surface area (Å²) in [5.74, 6) is -0.845. The summed E-state index contributed by atoms with van der Waals surface area (Å²) in [5, 5.41) is 20.6. The van der Waals surface area contributed by atoms with Crippen molar-refractivity contribution in [1.82, 2.24) is 0 Å². The maximum absolute atomic E-state index is 11.3. The van der Waals surface area contributed by atoms with Crippen LogP contribution < -0.4 is 4.74 Å². The van der Waals surface area contributed by atoms with Crippen molar-refractivity contribution in [3.63, 3.8) is 0 Å². The molecule has 124 valence electrons. The summed E-state index contributed by atoms with van der Waals surface area (Å²) >= 11 is 0. The van der Waals surface area contributed by atoms with Gasteiger partial charge in [0, 0.05) is 10.8 Å². The van der Waals surface area contributed by atoms with E-state index < -0.39 is 5.97 Å². The Hall–Kier alpha value is -2.23. The Bertz CT molecular complexity index is 664. The van der Waals surface area contributed by atoms with Gasteiger partial charge < -0.3 is 14.9 Å². The summed E-state index contributed by atoms with van der Waals surface area (Å²) in [5.41, 5.74) is -0.123. The molecule has 2 N–H and O–H groups in total. The molecule has 0 unspecified atom stereocenters. The zero-order valence-corrected chi connectivity index (χ0v) is 13.5. The molecule has 0 heterocycles. The van der Waals surface area contributed by atoms with E-state index in [1.165, 1.54) is 31.7 Å². The summed E-state index contributed by atoms with van der Waals surface area (Å²) in [6.45, 7) is 2.75. The van der Waals surface area contributed by atoms with Crippen molar-refractivity contribution in [3.8, 4) is 11.5 Å². The molecular weight excluding hydrogens is 292 g/mol. The van der Waals surface area contributed by atoms with Crippen LogP contribution in [0.2, 0.25) is 0 Å². The van der Waals surface area contributed by atoms with Crippen molar-refractivity contribution in [2.24, 2.45) is 0 Å². The average Bonchev–Trinajstić information content (AvgIpc) is 2.55. The fourth-order valence-corrected chi connectivity index (χ4v) is 2.67. The standard InChI is InChI=1S/C19H24O4/c1-2-3-4-5-6-9-12-23-17-13-16(19(21)22)18(20)15-11-8-7-10-14(15)17/h7-8,10-11,13,20H,2-6,9,12H2,1H3,(H,21,22). The molecule has 0 radical (unpaired) electrons. The molecular formula is C19H24O4. The van der Waals surface area contributed by atoms with Gasteiger partial charge in [-0.1, -0.05) is 63.3 Å². The molecule has 0 aromatic heterocycles. The van der Waals surface area contributed by atoms with E-state index in [2.05, 4.69) is 6.92 Å². The maximum Gasteiger partial charge on any atom is 0.339 e. The van der Waals surface area contributed by atoms with Crippen LogP contribution in [0.3, 0.4) is 0 Å². The number of benzene rings is 2. The molecule has 0 aliphatic rings. The van der Waals surface area contributed by atoms with Crippen molar-refractivity contribution >= 4 is 16.7 Å². The van der Waals surface area contributed by atoms with Crippen molar-refractivity contribution in [3.05, 3.63) is 35.9 Å². The van der Waals surface area contributed by atoms with E-state index in [1.54, 1.807) is 12.1 Å². The van der Waals surface area contributed by atoms with E-state index in [0.29, 0.717) is 17.7 Å². The number of unbranched alkanes of at least 4 members (excludes halogenated alkanes) is 5. The molecule has 2 aromatic carbocycles. The van der Waals surface area contributed by atoms with Gasteiger partial charge >= 0.3 is 5.97 Å². The second-order valence-corrected chi connectivity index (χ2v) is 5.74. The lowest BCUT2D eigenvalue weighted by molar-refractivity contribution is 0.0693. The predicted molar refractivity (Wildman–Crippen MR) is 91.4 cm³/mol. The van der Waals surface area contributed by atoms with E-state index in [0.717, 1.165) is 18.2 Å². The van der Waals surface area contributed by atoms with Gasteiger partial charge in [-0.3, -0.25) is 0 Å². The second-order valence-electron chi connectivity index (χ2n) is 5.74.